The highest BCUT2D eigenvalue weighted by Gasteiger charge is 2.28. The number of hydrogen-bond donors (Lipinski definition) is 0. The molecule has 12 heavy (non-hydrogen) atoms. The molecule has 0 aliphatic carbocycles. The van der Waals surface area contributed by atoms with Crippen molar-refractivity contribution in [3.8, 4) is 0 Å². The van der Waals surface area contributed by atoms with E-state index in [2.05, 4.69) is 52.0 Å². The first-order valence-electron chi connectivity index (χ1n) is 3.72. The van der Waals surface area contributed by atoms with Gasteiger partial charge in [0.15, 0.2) is 5.82 Å². The van der Waals surface area contributed by atoms with Crippen molar-refractivity contribution in [2.24, 2.45) is 0 Å². The van der Waals surface area contributed by atoms with Crippen LogP contribution in [0.4, 0.5) is 0 Å². The molecule has 6 heteroatoms. The molecular weight excluding hydrogens is 290 g/mol. The number of rotatable bonds is 3. The van der Waals surface area contributed by atoms with Gasteiger partial charge in [-0.25, -0.2) is 0 Å². The minimum atomic E-state index is -0.0717. The van der Waals surface area contributed by atoms with Gasteiger partial charge in [-0.3, -0.25) is 0 Å². The van der Waals surface area contributed by atoms with E-state index in [4.69, 9.17) is 11.8 Å². The highest BCUT2D eigenvalue weighted by Crippen LogP contribution is 2.34. The fourth-order valence-electron chi connectivity index (χ4n) is 1.05. The van der Waals surface area contributed by atoms with E-state index in [9.17, 15) is 0 Å². The van der Waals surface area contributed by atoms with E-state index in [0.717, 1.165) is 12.8 Å². The lowest BCUT2D eigenvalue weighted by atomic mass is 10.1. The minimum absolute atomic E-state index is 0.0717. The van der Waals surface area contributed by atoms with Crippen molar-refractivity contribution in [1.82, 2.24) is 19.7 Å². The average molecular weight is 301 g/mol. The summed E-state index contributed by atoms with van der Waals surface area (Å²) in [6.07, 6.45) is 2.10. The van der Waals surface area contributed by atoms with Gasteiger partial charge in [0.05, 0.1) is 3.42 Å². The molecule has 1 unspecified atom stereocenters. The molecule has 0 fully saturated rings. The van der Waals surface area contributed by atoms with E-state index in [0.29, 0.717) is 5.82 Å². The number of halogens is 2. The summed E-state index contributed by atoms with van der Waals surface area (Å²) in [4.78, 5) is 0. The van der Waals surface area contributed by atoms with Crippen molar-refractivity contribution in [1.29, 1.82) is 0 Å². The monoisotopic (exact) mass is 300 g/mol. The number of alkyl halides is 1. The molecule has 1 aromatic rings. The molecule has 0 amide bonds. The topological polar surface area (TPSA) is 43.6 Å². The Morgan fingerprint density at radius 3 is 2.75 bits per heavy atom. The minimum Gasteiger partial charge on any atom is -0.134 e. The molecule has 0 bridgehead atoms. The van der Waals surface area contributed by atoms with E-state index < -0.39 is 0 Å². The third kappa shape index (κ3) is 2.07. The van der Waals surface area contributed by atoms with Gasteiger partial charge in [-0.15, -0.1) is 9.30 Å². The molecule has 0 aromatic carbocycles. The van der Waals surface area contributed by atoms with Crippen LogP contribution < -0.4 is 0 Å². The van der Waals surface area contributed by atoms with Crippen LogP contribution >= 0.6 is 34.4 Å². The van der Waals surface area contributed by atoms with Gasteiger partial charge in [0, 0.05) is 11.8 Å². The summed E-state index contributed by atoms with van der Waals surface area (Å²) in [5, 5.41) is 10.9. The summed E-state index contributed by atoms with van der Waals surface area (Å²) in [5.41, 5.74) is 0. The Kier molecular flexibility index (Phi) is 3.28. The molecule has 0 saturated carbocycles. The van der Waals surface area contributed by atoms with Gasteiger partial charge in [-0.2, -0.15) is 0 Å². The van der Waals surface area contributed by atoms with Crippen molar-refractivity contribution in [3.05, 3.63) is 5.82 Å². The number of hydrogen-bond acceptors (Lipinski definition) is 3. The first-order valence-corrected chi connectivity index (χ1v) is 5.13. The molecule has 0 N–H and O–H groups in total. The van der Waals surface area contributed by atoms with Gasteiger partial charge < -0.3 is 0 Å². The lowest BCUT2D eigenvalue weighted by Crippen LogP contribution is -2.16. The van der Waals surface area contributed by atoms with Crippen LogP contribution in [0.5, 0.6) is 0 Å². The van der Waals surface area contributed by atoms with Crippen LogP contribution in [-0.4, -0.2) is 19.7 Å². The highest BCUT2D eigenvalue weighted by atomic mass is 127. The van der Waals surface area contributed by atoms with Crippen LogP contribution in [0.1, 0.15) is 32.5 Å². The number of aromatic nitrogens is 4. The summed E-state index contributed by atoms with van der Waals surface area (Å²) >= 11 is 8.05. The summed E-state index contributed by atoms with van der Waals surface area (Å²) in [7, 11) is 0. The molecule has 0 aliphatic heterocycles. The van der Waals surface area contributed by atoms with Gasteiger partial charge in [0.2, 0.25) is 0 Å². The van der Waals surface area contributed by atoms with E-state index in [-0.39, 0.29) is 3.42 Å². The quantitative estimate of drug-likeness (QED) is 0.634. The van der Waals surface area contributed by atoms with Crippen molar-refractivity contribution in [2.45, 2.75) is 30.1 Å². The molecule has 68 valence electrons. The Hall–Kier alpha value is 0.0900. The predicted molar refractivity (Wildman–Crippen MR) is 55.3 cm³/mol. The first kappa shape index (κ1) is 10.2. The van der Waals surface area contributed by atoms with Crippen LogP contribution in [0.15, 0.2) is 0 Å². The van der Waals surface area contributed by atoms with Crippen LogP contribution in [0.2, 0.25) is 0 Å². The summed E-state index contributed by atoms with van der Waals surface area (Å²) in [6.45, 7) is 4.20. The molecule has 0 saturated heterocycles. The maximum atomic E-state index is 5.74. The zero-order valence-corrected chi connectivity index (χ0v) is 9.87. The van der Waals surface area contributed by atoms with Crippen LogP contribution in [0.3, 0.4) is 0 Å². The third-order valence-corrected chi connectivity index (χ3v) is 2.87. The van der Waals surface area contributed by atoms with E-state index in [1.54, 1.807) is 0 Å². The van der Waals surface area contributed by atoms with Crippen molar-refractivity contribution in [2.75, 3.05) is 0 Å². The lowest BCUT2D eigenvalue weighted by molar-refractivity contribution is 0.593. The van der Waals surface area contributed by atoms with Crippen molar-refractivity contribution in [3.63, 3.8) is 0 Å². The Morgan fingerprint density at radius 1 is 1.67 bits per heavy atom. The first-order chi connectivity index (χ1) is 5.58. The van der Waals surface area contributed by atoms with Crippen LogP contribution in [-0.2, 0) is 3.42 Å². The van der Waals surface area contributed by atoms with Gasteiger partial charge in [0.1, 0.15) is 0 Å². The Bertz CT molecular complexity index is 260. The average Bonchev–Trinajstić information content (AvgIpc) is 2.35. The molecular formula is C6H10ClIN4. The van der Waals surface area contributed by atoms with Gasteiger partial charge >= 0.3 is 0 Å². The molecule has 1 heterocycles. The summed E-state index contributed by atoms with van der Waals surface area (Å²) in [5.74, 6) is 0.714. The van der Waals surface area contributed by atoms with Crippen molar-refractivity contribution < 1.29 is 0 Å². The lowest BCUT2D eigenvalue weighted by Gasteiger charge is -2.17. The molecule has 1 rings (SSSR count). The second kappa shape index (κ2) is 3.87. The second-order valence-electron chi connectivity index (χ2n) is 2.81. The fraction of sp³-hybridized carbons (Fsp3) is 0.833. The third-order valence-electron chi connectivity index (χ3n) is 1.62. The highest BCUT2D eigenvalue weighted by molar-refractivity contribution is 14.1. The SMILES string of the molecule is CCCC(C)(I)c1nnnn1Cl. The van der Waals surface area contributed by atoms with Gasteiger partial charge in [0.25, 0.3) is 0 Å². The normalized spacial score (nSPS) is 16.0. The smallest absolute Gasteiger partial charge is 0.134 e. The van der Waals surface area contributed by atoms with Crippen LogP contribution in [0.25, 0.3) is 0 Å². The van der Waals surface area contributed by atoms with E-state index in [1.807, 2.05) is 0 Å². The Morgan fingerprint density at radius 2 is 2.33 bits per heavy atom. The Labute approximate surface area is 89.9 Å². The second-order valence-corrected chi connectivity index (χ2v) is 5.51. The molecule has 0 radical (unpaired) electrons. The largest absolute Gasteiger partial charge is 0.185 e. The van der Waals surface area contributed by atoms with Crippen molar-refractivity contribution >= 4 is 34.4 Å². The fourth-order valence-corrected chi connectivity index (χ4v) is 2.32. The molecule has 1 aromatic heterocycles. The van der Waals surface area contributed by atoms with E-state index >= 15 is 0 Å². The summed E-state index contributed by atoms with van der Waals surface area (Å²) in [6, 6.07) is 0. The van der Waals surface area contributed by atoms with Gasteiger partial charge in [-0.1, -0.05) is 35.9 Å². The molecule has 0 spiro atoms. The maximum Gasteiger partial charge on any atom is 0.185 e. The molecule has 4 nitrogen and oxygen atoms in total. The zero-order chi connectivity index (χ0) is 9.19. The summed E-state index contributed by atoms with van der Waals surface area (Å²) < 4.78 is 1.14. The molecule has 1 atom stereocenters. The predicted octanol–water partition coefficient (Wildman–Crippen LogP) is 2.13. The Balaban J connectivity index is 2.88. The van der Waals surface area contributed by atoms with E-state index in [1.165, 1.54) is 4.20 Å². The number of nitrogens with zero attached hydrogens (tertiary/aromatic N) is 4. The molecule has 0 aliphatic rings. The number of tetrazole rings is 1. The van der Waals surface area contributed by atoms with Crippen LogP contribution in [0, 0.1) is 0 Å². The van der Waals surface area contributed by atoms with Gasteiger partial charge in [-0.05, 0) is 23.8 Å². The standard InChI is InChI=1S/C6H10ClIN4/c1-3-4-6(2,8)5-9-10-11-12(5)7/h3-4H2,1-2H3. The maximum absolute atomic E-state index is 5.74. The zero-order valence-electron chi connectivity index (χ0n) is 6.96.